The zero-order valence-electron chi connectivity index (χ0n) is 25.1. The molecule has 0 aliphatic heterocycles. The van der Waals surface area contributed by atoms with Crippen molar-refractivity contribution in [1.29, 1.82) is 0 Å². The number of amides is 1. The highest BCUT2D eigenvalue weighted by atomic mass is 19.4. The summed E-state index contributed by atoms with van der Waals surface area (Å²) in [7, 11) is 1.23. The minimum Gasteiger partial charge on any atom is -0.494 e. The van der Waals surface area contributed by atoms with Crippen LogP contribution in [0.5, 0.6) is 11.5 Å². The SMILES string of the molecule is CCOc1c(CC)cc([C@@](O)(CNC(=O)c2cc(OC)c3nn(C(F)F)cc3c2)C2(F)CC2)nc1-c1ccc(F)c(C(F)(F)F)c1F. The number of aliphatic hydroxyl groups is 1. The highest BCUT2D eigenvalue weighted by Crippen LogP contribution is 2.54. The first-order valence-electron chi connectivity index (χ1n) is 14.4. The molecule has 2 aromatic carbocycles. The average Bonchev–Trinajstić information content (AvgIpc) is 3.62. The Hall–Kier alpha value is -4.47. The molecule has 16 heteroatoms. The van der Waals surface area contributed by atoms with E-state index in [2.05, 4.69) is 15.4 Å². The van der Waals surface area contributed by atoms with Gasteiger partial charge in [0, 0.05) is 22.7 Å². The highest BCUT2D eigenvalue weighted by Gasteiger charge is 2.62. The molecule has 2 heterocycles. The smallest absolute Gasteiger partial charge is 0.422 e. The summed E-state index contributed by atoms with van der Waals surface area (Å²) in [5.41, 5.74) is -8.77. The van der Waals surface area contributed by atoms with Crippen LogP contribution in [0.2, 0.25) is 0 Å². The van der Waals surface area contributed by atoms with E-state index < -0.39 is 70.6 Å². The predicted octanol–water partition coefficient (Wildman–Crippen LogP) is 6.88. The Bertz CT molecular complexity index is 1840. The van der Waals surface area contributed by atoms with Gasteiger partial charge in [0.05, 0.1) is 26.0 Å². The minimum atomic E-state index is -5.41. The third kappa shape index (κ3) is 6.05. The van der Waals surface area contributed by atoms with Gasteiger partial charge in [-0.15, -0.1) is 0 Å². The van der Waals surface area contributed by atoms with E-state index in [1.54, 1.807) is 13.8 Å². The van der Waals surface area contributed by atoms with Gasteiger partial charge in [0.15, 0.2) is 5.60 Å². The van der Waals surface area contributed by atoms with Gasteiger partial charge in [-0.2, -0.15) is 27.1 Å². The topological polar surface area (TPSA) is 98.5 Å². The van der Waals surface area contributed by atoms with Crippen molar-refractivity contribution < 1.29 is 54.5 Å². The second-order valence-corrected chi connectivity index (χ2v) is 10.9. The van der Waals surface area contributed by atoms with Gasteiger partial charge in [-0.05, 0) is 62.1 Å². The van der Waals surface area contributed by atoms with E-state index in [-0.39, 0.29) is 59.4 Å². The fraction of sp³-hybridized carbons (Fsp3) is 0.387. The minimum absolute atomic E-state index is 0.0172. The molecule has 2 aromatic heterocycles. The highest BCUT2D eigenvalue weighted by molar-refractivity contribution is 5.99. The largest absolute Gasteiger partial charge is 0.494 e. The second kappa shape index (κ2) is 12.3. The number of carbonyl (C=O) groups excluding carboxylic acids is 1. The third-order valence-electron chi connectivity index (χ3n) is 7.98. The van der Waals surface area contributed by atoms with Crippen molar-refractivity contribution in [3.05, 3.63) is 70.5 Å². The van der Waals surface area contributed by atoms with Crippen LogP contribution in [0.15, 0.2) is 36.5 Å². The maximum absolute atomic E-state index is 16.0. The van der Waals surface area contributed by atoms with E-state index in [1.165, 1.54) is 25.3 Å². The molecule has 1 fully saturated rings. The number of halogens is 8. The lowest BCUT2D eigenvalue weighted by Crippen LogP contribution is -2.49. The van der Waals surface area contributed by atoms with Gasteiger partial charge in [0.25, 0.3) is 5.91 Å². The Balaban J connectivity index is 1.59. The second-order valence-electron chi connectivity index (χ2n) is 10.9. The number of hydrogen-bond donors (Lipinski definition) is 2. The first-order valence-corrected chi connectivity index (χ1v) is 14.4. The van der Waals surface area contributed by atoms with Crippen LogP contribution in [-0.2, 0) is 18.2 Å². The number of aromatic nitrogens is 3. The van der Waals surface area contributed by atoms with Gasteiger partial charge in [-0.25, -0.2) is 22.8 Å². The molecule has 0 saturated heterocycles. The molecular weight excluding hydrogens is 644 g/mol. The Morgan fingerprint density at radius 1 is 1.15 bits per heavy atom. The Kier molecular flexibility index (Phi) is 8.85. The molecule has 8 nitrogen and oxygen atoms in total. The normalized spacial score (nSPS) is 15.5. The number of carbonyl (C=O) groups is 1. The van der Waals surface area contributed by atoms with Gasteiger partial charge < -0.3 is 19.9 Å². The molecule has 1 amide bonds. The van der Waals surface area contributed by atoms with Crippen LogP contribution in [0.3, 0.4) is 0 Å². The number of methoxy groups -OCH3 is 1. The predicted molar refractivity (Wildman–Crippen MR) is 152 cm³/mol. The Morgan fingerprint density at radius 3 is 2.43 bits per heavy atom. The molecule has 2 N–H and O–H groups in total. The molecule has 1 atom stereocenters. The standard InChI is InChI=1S/C31H28F8N4O4/c1-4-15-12-21(41-25(26(15)47-5-2)18-6-7-19(32)22(23(18)33)31(37,38)39)30(45,29(36)8-9-29)14-40-27(44)16-10-17-13-43(28(34)35)42-24(17)20(11-16)46-3/h6-7,10-13,28,45H,4-5,8-9,14H2,1-3H3,(H,40,44)/t30-/m0/s1. The van der Waals surface area contributed by atoms with Gasteiger partial charge in [-0.1, -0.05) is 6.92 Å². The molecule has 1 aliphatic rings. The van der Waals surface area contributed by atoms with Gasteiger partial charge in [0.1, 0.15) is 45.6 Å². The zero-order chi connectivity index (χ0) is 34.5. The first-order chi connectivity index (χ1) is 22.1. The molecule has 0 bridgehead atoms. The van der Waals surface area contributed by atoms with E-state index in [0.717, 1.165) is 12.3 Å². The maximum atomic E-state index is 16.0. The van der Waals surface area contributed by atoms with Crippen LogP contribution in [0, 0.1) is 11.6 Å². The number of nitrogens with one attached hydrogen (secondary N) is 1. The maximum Gasteiger partial charge on any atom is 0.422 e. The van der Waals surface area contributed by atoms with Crippen LogP contribution in [0.25, 0.3) is 22.2 Å². The zero-order valence-corrected chi connectivity index (χ0v) is 25.1. The monoisotopic (exact) mass is 672 g/mol. The summed E-state index contributed by atoms with van der Waals surface area (Å²) in [4.78, 5) is 17.5. The molecule has 1 aliphatic carbocycles. The molecular formula is C31H28F8N4O4. The molecule has 4 aromatic rings. The average molecular weight is 673 g/mol. The lowest BCUT2D eigenvalue weighted by molar-refractivity contribution is -0.142. The number of hydrogen-bond acceptors (Lipinski definition) is 6. The summed E-state index contributed by atoms with van der Waals surface area (Å²) >= 11 is 0. The molecule has 47 heavy (non-hydrogen) atoms. The third-order valence-corrected chi connectivity index (χ3v) is 7.98. The number of ether oxygens (including phenoxy) is 2. The number of aryl methyl sites for hydroxylation is 1. The number of pyridine rings is 1. The van der Waals surface area contributed by atoms with Crippen LogP contribution < -0.4 is 14.8 Å². The van der Waals surface area contributed by atoms with Crippen LogP contribution in [0.1, 0.15) is 60.4 Å². The number of alkyl halides is 6. The van der Waals surface area contributed by atoms with Crippen molar-refractivity contribution in [2.75, 3.05) is 20.3 Å². The van der Waals surface area contributed by atoms with E-state index in [9.17, 15) is 36.2 Å². The number of rotatable bonds is 11. The van der Waals surface area contributed by atoms with E-state index in [4.69, 9.17) is 9.47 Å². The fourth-order valence-electron chi connectivity index (χ4n) is 5.36. The van der Waals surface area contributed by atoms with Crippen LogP contribution in [0.4, 0.5) is 35.1 Å². The van der Waals surface area contributed by atoms with Crippen molar-refractivity contribution in [1.82, 2.24) is 20.1 Å². The van der Waals surface area contributed by atoms with Crippen LogP contribution >= 0.6 is 0 Å². The van der Waals surface area contributed by atoms with Crippen molar-refractivity contribution in [3.63, 3.8) is 0 Å². The van der Waals surface area contributed by atoms with Crippen molar-refractivity contribution in [2.24, 2.45) is 0 Å². The lowest BCUT2D eigenvalue weighted by atomic mass is 9.88. The summed E-state index contributed by atoms with van der Waals surface area (Å²) in [5.74, 6) is -4.89. The number of nitrogens with zero attached hydrogens (tertiary/aromatic N) is 3. The quantitative estimate of drug-likeness (QED) is 0.169. The van der Waals surface area contributed by atoms with Crippen molar-refractivity contribution in [2.45, 2.75) is 57.1 Å². The summed E-state index contributed by atoms with van der Waals surface area (Å²) in [6.45, 7) is -0.648. The molecule has 0 spiro atoms. The van der Waals surface area contributed by atoms with Gasteiger partial charge in [0.2, 0.25) is 0 Å². The van der Waals surface area contributed by atoms with Crippen LogP contribution in [-0.4, -0.2) is 51.7 Å². The summed E-state index contributed by atoms with van der Waals surface area (Å²) in [6.07, 6.45) is -4.66. The van der Waals surface area contributed by atoms with Gasteiger partial charge in [-0.3, -0.25) is 4.79 Å². The number of benzene rings is 2. The van der Waals surface area contributed by atoms with E-state index >= 15 is 8.78 Å². The van der Waals surface area contributed by atoms with E-state index in [1.807, 2.05) is 0 Å². The molecule has 252 valence electrons. The van der Waals surface area contributed by atoms with Gasteiger partial charge >= 0.3 is 12.7 Å². The van der Waals surface area contributed by atoms with Crippen molar-refractivity contribution >= 4 is 16.8 Å². The lowest BCUT2D eigenvalue weighted by Gasteiger charge is -2.33. The van der Waals surface area contributed by atoms with E-state index in [0.29, 0.717) is 10.7 Å². The Morgan fingerprint density at radius 2 is 1.85 bits per heavy atom. The summed E-state index contributed by atoms with van der Waals surface area (Å²) < 4.78 is 124. The molecule has 5 rings (SSSR count). The number of fused-ring (bicyclic) bond motifs is 1. The molecule has 1 saturated carbocycles. The Labute approximate surface area is 262 Å². The first kappa shape index (κ1) is 33.9. The molecule has 0 unspecified atom stereocenters. The summed E-state index contributed by atoms with van der Waals surface area (Å²) in [6, 6.07) is 4.84. The summed E-state index contributed by atoms with van der Waals surface area (Å²) in [5, 5.41) is 18.2. The van der Waals surface area contributed by atoms with Crippen molar-refractivity contribution in [3.8, 4) is 22.8 Å². The molecule has 0 radical (unpaired) electrons. The fourth-order valence-corrected chi connectivity index (χ4v) is 5.36.